The zero-order valence-electron chi connectivity index (χ0n) is 9.84. The van der Waals surface area contributed by atoms with E-state index < -0.39 is 5.97 Å². The summed E-state index contributed by atoms with van der Waals surface area (Å²) in [7, 11) is 0. The lowest BCUT2D eigenvalue weighted by Crippen LogP contribution is -2.43. The Morgan fingerprint density at radius 1 is 1.53 bits per heavy atom. The summed E-state index contributed by atoms with van der Waals surface area (Å²) in [5, 5.41) is -0.240. The Hall–Kier alpha value is -0.540. The second-order valence-electron chi connectivity index (χ2n) is 4.81. The van der Waals surface area contributed by atoms with Gasteiger partial charge in [-0.25, -0.2) is 4.79 Å². The van der Waals surface area contributed by atoms with Gasteiger partial charge in [-0.3, -0.25) is 0 Å². The molecule has 0 aliphatic rings. The molecule has 0 fully saturated rings. The molecule has 2 atom stereocenters. The highest BCUT2D eigenvalue weighted by molar-refractivity contribution is 6.21. The molecule has 88 valence electrons. The molecule has 0 amide bonds. The van der Waals surface area contributed by atoms with E-state index in [9.17, 15) is 4.79 Å². The van der Waals surface area contributed by atoms with Crippen LogP contribution in [0.1, 0.15) is 27.7 Å². The van der Waals surface area contributed by atoms with Gasteiger partial charge in [0.1, 0.15) is 6.61 Å². The molecule has 3 nitrogen and oxygen atoms in total. The zero-order valence-corrected chi connectivity index (χ0v) is 10.6. The van der Waals surface area contributed by atoms with Crippen LogP contribution in [0.4, 0.5) is 0 Å². The van der Waals surface area contributed by atoms with E-state index in [0.717, 1.165) is 0 Å². The van der Waals surface area contributed by atoms with Gasteiger partial charge in [-0.05, 0) is 12.3 Å². The minimum atomic E-state index is -0.428. The molecule has 15 heavy (non-hydrogen) atoms. The standard InChI is InChI=1S/C11H20ClNO2/c1-7(2)10(14)15-6-8(13)9(12)11(3,4)5/h8-9H,1,6,13H2,2-5H3. The number of carbonyl (C=O) groups is 1. The molecule has 0 radical (unpaired) electrons. The highest BCUT2D eigenvalue weighted by Crippen LogP contribution is 2.26. The van der Waals surface area contributed by atoms with Gasteiger partial charge in [0.05, 0.1) is 11.4 Å². The van der Waals surface area contributed by atoms with Crippen LogP contribution in [0.15, 0.2) is 12.2 Å². The summed E-state index contributed by atoms with van der Waals surface area (Å²) in [5.74, 6) is -0.428. The fourth-order valence-electron chi connectivity index (χ4n) is 1.02. The molecule has 0 aromatic heterocycles. The minimum Gasteiger partial charge on any atom is -0.461 e. The van der Waals surface area contributed by atoms with Gasteiger partial charge in [-0.2, -0.15) is 0 Å². The largest absolute Gasteiger partial charge is 0.461 e. The third-order valence-corrected chi connectivity index (χ3v) is 2.94. The first-order valence-corrected chi connectivity index (χ1v) is 5.32. The summed E-state index contributed by atoms with van der Waals surface area (Å²) in [5.41, 5.74) is 6.06. The average molecular weight is 234 g/mol. The molecule has 0 saturated heterocycles. The summed E-state index contributed by atoms with van der Waals surface area (Å²) in [6.45, 7) is 11.2. The lowest BCUT2D eigenvalue weighted by molar-refractivity contribution is -0.139. The molecular weight excluding hydrogens is 214 g/mol. The summed E-state index contributed by atoms with van der Waals surface area (Å²) >= 11 is 6.13. The van der Waals surface area contributed by atoms with Gasteiger partial charge < -0.3 is 10.5 Å². The van der Waals surface area contributed by atoms with Gasteiger partial charge in [-0.15, -0.1) is 11.6 Å². The van der Waals surface area contributed by atoms with Crippen molar-refractivity contribution in [3.63, 3.8) is 0 Å². The number of rotatable bonds is 4. The normalized spacial score (nSPS) is 15.6. The van der Waals surface area contributed by atoms with Gasteiger partial charge in [0.2, 0.25) is 0 Å². The van der Waals surface area contributed by atoms with E-state index in [-0.39, 0.29) is 23.4 Å². The van der Waals surface area contributed by atoms with Crippen molar-refractivity contribution in [3.8, 4) is 0 Å². The quantitative estimate of drug-likeness (QED) is 0.460. The van der Waals surface area contributed by atoms with Gasteiger partial charge >= 0.3 is 5.97 Å². The molecule has 0 spiro atoms. The molecule has 0 bridgehead atoms. The molecule has 0 aromatic carbocycles. The van der Waals surface area contributed by atoms with Gasteiger partial charge in [0.25, 0.3) is 0 Å². The van der Waals surface area contributed by atoms with Crippen molar-refractivity contribution in [2.45, 2.75) is 39.1 Å². The van der Waals surface area contributed by atoms with Gasteiger partial charge in [0.15, 0.2) is 0 Å². The van der Waals surface area contributed by atoms with Crippen LogP contribution >= 0.6 is 11.6 Å². The molecule has 0 aromatic rings. The minimum absolute atomic E-state index is 0.114. The molecule has 2 N–H and O–H groups in total. The first-order valence-electron chi connectivity index (χ1n) is 4.88. The maximum Gasteiger partial charge on any atom is 0.333 e. The van der Waals surface area contributed by atoms with Crippen molar-refractivity contribution >= 4 is 17.6 Å². The first kappa shape index (κ1) is 14.5. The molecule has 4 heteroatoms. The van der Waals surface area contributed by atoms with Crippen LogP contribution in [0, 0.1) is 5.41 Å². The second-order valence-corrected chi connectivity index (χ2v) is 5.28. The smallest absolute Gasteiger partial charge is 0.333 e. The zero-order chi connectivity index (χ0) is 12.2. The summed E-state index contributed by atoms with van der Waals surface area (Å²) < 4.78 is 4.93. The van der Waals surface area contributed by atoms with Crippen LogP contribution in [0.25, 0.3) is 0 Å². The average Bonchev–Trinajstić information content (AvgIpc) is 2.10. The fourth-order valence-corrected chi connectivity index (χ4v) is 1.09. The van der Waals surface area contributed by atoms with Crippen LogP contribution in [0.5, 0.6) is 0 Å². The number of carbonyl (C=O) groups excluding carboxylic acids is 1. The lowest BCUT2D eigenvalue weighted by atomic mass is 9.88. The Bertz CT molecular complexity index is 245. The maximum atomic E-state index is 11.1. The lowest BCUT2D eigenvalue weighted by Gasteiger charge is -2.29. The number of ether oxygens (including phenoxy) is 1. The van der Waals surface area contributed by atoms with Gasteiger partial charge in [-0.1, -0.05) is 27.4 Å². The van der Waals surface area contributed by atoms with E-state index in [1.807, 2.05) is 20.8 Å². The third-order valence-electron chi connectivity index (χ3n) is 1.96. The molecule has 0 aliphatic heterocycles. The van der Waals surface area contributed by atoms with Crippen molar-refractivity contribution in [2.75, 3.05) is 6.61 Å². The summed E-state index contributed by atoms with van der Waals surface area (Å²) in [6.07, 6.45) is 0. The van der Waals surface area contributed by atoms with E-state index in [0.29, 0.717) is 5.57 Å². The monoisotopic (exact) mass is 233 g/mol. The number of hydrogen-bond acceptors (Lipinski definition) is 3. The molecule has 0 heterocycles. The Balaban J connectivity index is 4.10. The highest BCUT2D eigenvalue weighted by Gasteiger charge is 2.28. The predicted molar refractivity (Wildman–Crippen MR) is 62.8 cm³/mol. The second kappa shape index (κ2) is 5.52. The van der Waals surface area contributed by atoms with Crippen molar-refractivity contribution in [1.29, 1.82) is 0 Å². The SMILES string of the molecule is C=C(C)C(=O)OCC(N)C(Cl)C(C)(C)C. The van der Waals surface area contributed by atoms with E-state index >= 15 is 0 Å². The van der Waals surface area contributed by atoms with Crippen molar-refractivity contribution in [3.05, 3.63) is 12.2 Å². The Kier molecular flexibility index (Phi) is 5.32. The van der Waals surface area contributed by atoms with Crippen molar-refractivity contribution in [1.82, 2.24) is 0 Å². The van der Waals surface area contributed by atoms with E-state index in [1.165, 1.54) is 0 Å². The molecule has 2 unspecified atom stereocenters. The number of nitrogens with two attached hydrogens (primary N) is 1. The number of alkyl halides is 1. The van der Waals surface area contributed by atoms with Crippen LogP contribution in [0.3, 0.4) is 0 Å². The van der Waals surface area contributed by atoms with Crippen LogP contribution in [-0.4, -0.2) is 24.0 Å². The molecule has 0 rings (SSSR count). The Labute approximate surface area is 96.6 Å². The van der Waals surface area contributed by atoms with Crippen LogP contribution in [-0.2, 0) is 9.53 Å². The van der Waals surface area contributed by atoms with E-state index in [1.54, 1.807) is 6.92 Å². The Morgan fingerprint density at radius 2 is 2.00 bits per heavy atom. The predicted octanol–water partition coefficient (Wildman–Crippen LogP) is 2.09. The van der Waals surface area contributed by atoms with Crippen molar-refractivity contribution in [2.24, 2.45) is 11.1 Å². The van der Waals surface area contributed by atoms with Crippen LogP contribution < -0.4 is 5.73 Å². The molecule has 0 saturated carbocycles. The van der Waals surface area contributed by atoms with E-state index in [4.69, 9.17) is 22.1 Å². The van der Waals surface area contributed by atoms with E-state index in [2.05, 4.69) is 6.58 Å². The first-order chi connectivity index (χ1) is 6.66. The number of hydrogen-bond donors (Lipinski definition) is 1. The third kappa shape index (κ3) is 5.19. The van der Waals surface area contributed by atoms with Crippen LogP contribution in [0.2, 0.25) is 0 Å². The van der Waals surface area contributed by atoms with Gasteiger partial charge in [0, 0.05) is 5.57 Å². The topological polar surface area (TPSA) is 52.3 Å². The highest BCUT2D eigenvalue weighted by atomic mass is 35.5. The fraction of sp³-hybridized carbons (Fsp3) is 0.727. The maximum absolute atomic E-state index is 11.1. The summed E-state index contributed by atoms with van der Waals surface area (Å²) in [4.78, 5) is 11.1. The van der Waals surface area contributed by atoms with Crippen molar-refractivity contribution < 1.29 is 9.53 Å². The number of esters is 1. The summed E-state index contributed by atoms with van der Waals surface area (Å²) in [6, 6.07) is -0.366. The molecule has 0 aliphatic carbocycles. The Morgan fingerprint density at radius 3 is 2.33 bits per heavy atom. The molecular formula is C11H20ClNO2. The number of halogens is 1.